The molecule has 0 amide bonds. The molecule has 1 heterocycles. The molecule has 1 aromatic carbocycles. The lowest BCUT2D eigenvalue weighted by atomic mass is 10.2. The summed E-state index contributed by atoms with van der Waals surface area (Å²) >= 11 is 0. The quantitative estimate of drug-likeness (QED) is 0.775. The van der Waals surface area contributed by atoms with Gasteiger partial charge in [-0.1, -0.05) is 0 Å². The van der Waals surface area contributed by atoms with Crippen LogP contribution in [0, 0.1) is 11.6 Å². The molecule has 0 saturated heterocycles. The molecule has 0 fully saturated rings. The Hall–Kier alpha value is -1.58. The number of hydrogen-bond donors (Lipinski definition) is 1. The van der Waals surface area contributed by atoms with Crippen molar-refractivity contribution in [2.24, 2.45) is 0 Å². The van der Waals surface area contributed by atoms with Crippen LogP contribution in [-0.2, 0) is 6.54 Å². The smallest absolute Gasteiger partial charge is 0.126 e. The largest absolute Gasteiger partial charge is 0.373 e. The van der Waals surface area contributed by atoms with Crippen molar-refractivity contribution < 1.29 is 8.78 Å². The van der Waals surface area contributed by atoms with E-state index in [1.54, 1.807) is 6.20 Å². The SMILES string of the molecule is Fc1cc(F)cc(CN2C=CNC2)c1. The summed E-state index contributed by atoms with van der Waals surface area (Å²) in [6.45, 7) is 1.19. The first-order valence-corrected chi connectivity index (χ1v) is 4.33. The predicted octanol–water partition coefficient (Wildman–Crippen LogP) is 1.80. The summed E-state index contributed by atoms with van der Waals surface area (Å²) < 4.78 is 25.6. The number of hydrogen-bond acceptors (Lipinski definition) is 2. The lowest BCUT2D eigenvalue weighted by Crippen LogP contribution is -2.20. The summed E-state index contributed by atoms with van der Waals surface area (Å²) in [5.74, 6) is -1.06. The summed E-state index contributed by atoms with van der Waals surface area (Å²) in [6.07, 6.45) is 3.65. The zero-order valence-corrected chi connectivity index (χ0v) is 7.50. The van der Waals surface area contributed by atoms with E-state index in [4.69, 9.17) is 0 Å². The fourth-order valence-electron chi connectivity index (χ4n) is 1.43. The highest BCUT2D eigenvalue weighted by molar-refractivity contribution is 5.18. The van der Waals surface area contributed by atoms with Gasteiger partial charge in [-0.05, 0) is 17.7 Å². The Bertz CT molecular complexity index is 343. The molecule has 2 nitrogen and oxygen atoms in total. The summed E-state index contributed by atoms with van der Waals surface area (Å²) in [5.41, 5.74) is 0.635. The first-order valence-electron chi connectivity index (χ1n) is 4.33. The molecular formula is C10H10F2N2. The Kier molecular flexibility index (Phi) is 2.35. The molecule has 1 aliphatic rings. The van der Waals surface area contributed by atoms with Crippen LogP contribution < -0.4 is 5.32 Å². The van der Waals surface area contributed by atoms with Crippen LogP contribution in [0.3, 0.4) is 0 Å². The Morgan fingerprint density at radius 1 is 1.21 bits per heavy atom. The molecule has 0 spiro atoms. The van der Waals surface area contributed by atoms with E-state index in [2.05, 4.69) is 5.32 Å². The Labute approximate surface area is 80.8 Å². The Balaban J connectivity index is 2.11. The average Bonchev–Trinajstić information content (AvgIpc) is 2.54. The van der Waals surface area contributed by atoms with E-state index in [9.17, 15) is 8.78 Å². The molecule has 1 aromatic rings. The maximum Gasteiger partial charge on any atom is 0.126 e. The van der Waals surface area contributed by atoms with Gasteiger partial charge in [-0.2, -0.15) is 0 Å². The Morgan fingerprint density at radius 2 is 1.93 bits per heavy atom. The maximum absolute atomic E-state index is 12.8. The third kappa shape index (κ3) is 2.02. The normalized spacial score (nSPS) is 14.6. The van der Waals surface area contributed by atoms with Gasteiger partial charge in [0.1, 0.15) is 11.6 Å². The van der Waals surface area contributed by atoms with Gasteiger partial charge in [-0.3, -0.25) is 0 Å². The van der Waals surface area contributed by atoms with Crippen molar-refractivity contribution in [3.63, 3.8) is 0 Å². The lowest BCUT2D eigenvalue weighted by molar-refractivity contribution is 0.383. The first-order chi connectivity index (χ1) is 6.74. The fourth-order valence-corrected chi connectivity index (χ4v) is 1.43. The van der Waals surface area contributed by atoms with E-state index in [-0.39, 0.29) is 0 Å². The molecule has 0 bridgehead atoms. The topological polar surface area (TPSA) is 15.3 Å². The molecule has 1 aliphatic heterocycles. The zero-order chi connectivity index (χ0) is 9.97. The molecule has 0 unspecified atom stereocenters. The number of halogens is 2. The van der Waals surface area contributed by atoms with Gasteiger partial charge in [0.25, 0.3) is 0 Å². The van der Waals surface area contributed by atoms with Crippen molar-refractivity contribution in [2.75, 3.05) is 6.67 Å². The summed E-state index contributed by atoms with van der Waals surface area (Å²) in [6, 6.07) is 3.56. The van der Waals surface area contributed by atoms with Crippen molar-refractivity contribution >= 4 is 0 Å². The van der Waals surface area contributed by atoms with E-state index in [1.807, 2.05) is 11.1 Å². The van der Waals surface area contributed by atoms with Gasteiger partial charge >= 0.3 is 0 Å². The van der Waals surface area contributed by atoms with Crippen LogP contribution >= 0.6 is 0 Å². The highest BCUT2D eigenvalue weighted by atomic mass is 19.1. The van der Waals surface area contributed by atoms with Crippen LogP contribution in [0.1, 0.15) is 5.56 Å². The zero-order valence-electron chi connectivity index (χ0n) is 7.50. The molecule has 0 saturated carbocycles. The van der Waals surface area contributed by atoms with Crippen molar-refractivity contribution in [3.8, 4) is 0 Å². The molecule has 0 atom stereocenters. The molecular weight excluding hydrogens is 186 g/mol. The second-order valence-corrected chi connectivity index (χ2v) is 3.20. The van der Waals surface area contributed by atoms with E-state index in [0.717, 1.165) is 6.07 Å². The average molecular weight is 196 g/mol. The van der Waals surface area contributed by atoms with Crippen LogP contribution in [0.4, 0.5) is 8.78 Å². The minimum atomic E-state index is -0.531. The minimum Gasteiger partial charge on any atom is -0.373 e. The second-order valence-electron chi connectivity index (χ2n) is 3.20. The van der Waals surface area contributed by atoms with E-state index in [0.29, 0.717) is 18.8 Å². The standard InChI is InChI=1S/C10H10F2N2/c11-9-3-8(4-10(12)5-9)6-14-2-1-13-7-14/h1-5,13H,6-7H2. The number of nitrogens with zero attached hydrogens (tertiary/aromatic N) is 1. The summed E-state index contributed by atoms with van der Waals surface area (Å²) in [7, 11) is 0. The fraction of sp³-hybridized carbons (Fsp3) is 0.200. The number of rotatable bonds is 2. The van der Waals surface area contributed by atoms with Crippen LogP contribution in [0.25, 0.3) is 0 Å². The maximum atomic E-state index is 12.8. The lowest BCUT2D eigenvalue weighted by Gasteiger charge is -2.14. The first kappa shape index (κ1) is 8.99. The predicted molar refractivity (Wildman–Crippen MR) is 49.0 cm³/mol. The highest BCUT2D eigenvalue weighted by Crippen LogP contribution is 2.11. The highest BCUT2D eigenvalue weighted by Gasteiger charge is 2.06. The van der Waals surface area contributed by atoms with E-state index >= 15 is 0 Å². The van der Waals surface area contributed by atoms with Crippen molar-refractivity contribution in [2.45, 2.75) is 6.54 Å². The molecule has 4 heteroatoms. The third-order valence-electron chi connectivity index (χ3n) is 2.01. The van der Waals surface area contributed by atoms with Gasteiger partial charge < -0.3 is 10.2 Å². The van der Waals surface area contributed by atoms with Crippen LogP contribution in [0.15, 0.2) is 30.6 Å². The third-order valence-corrected chi connectivity index (χ3v) is 2.01. The van der Waals surface area contributed by atoms with Gasteiger partial charge in [0.2, 0.25) is 0 Å². The van der Waals surface area contributed by atoms with Crippen LogP contribution in [-0.4, -0.2) is 11.6 Å². The Morgan fingerprint density at radius 3 is 2.50 bits per heavy atom. The van der Waals surface area contributed by atoms with E-state index < -0.39 is 11.6 Å². The van der Waals surface area contributed by atoms with Gasteiger partial charge in [0.15, 0.2) is 0 Å². The van der Waals surface area contributed by atoms with Gasteiger partial charge in [-0.15, -0.1) is 0 Å². The van der Waals surface area contributed by atoms with Crippen molar-refractivity contribution in [3.05, 3.63) is 47.8 Å². The van der Waals surface area contributed by atoms with E-state index in [1.165, 1.54) is 12.1 Å². The van der Waals surface area contributed by atoms with Gasteiger partial charge in [0.05, 0.1) is 6.67 Å². The summed E-state index contributed by atoms with van der Waals surface area (Å²) in [4.78, 5) is 1.92. The van der Waals surface area contributed by atoms with Crippen molar-refractivity contribution in [1.82, 2.24) is 10.2 Å². The molecule has 0 aliphatic carbocycles. The molecule has 14 heavy (non-hydrogen) atoms. The molecule has 74 valence electrons. The van der Waals surface area contributed by atoms with Crippen molar-refractivity contribution in [1.29, 1.82) is 0 Å². The number of nitrogens with one attached hydrogen (secondary N) is 1. The van der Waals surface area contributed by atoms with Gasteiger partial charge in [0, 0.05) is 25.0 Å². The summed E-state index contributed by atoms with van der Waals surface area (Å²) in [5, 5.41) is 2.98. The van der Waals surface area contributed by atoms with Crippen LogP contribution in [0.5, 0.6) is 0 Å². The molecule has 2 rings (SSSR count). The molecule has 0 radical (unpaired) electrons. The number of benzene rings is 1. The molecule has 1 N–H and O–H groups in total. The molecule has 0 aromatic heterocycles. The monoisotopic (exact) mass is 196 g/mol. The second kappa shape index (κ2) is 3.65. The minimum absolute atomic E-state index is 0.512. The van der Waals surface area contributed by atoms with Crippen LogP contribution in [0.2, 0.25) is 0 Å². The van der Waals surface area contributed by atoms with Gasteiger partial charge in [-0.25, -0.2) is 8.78 Å².